The first-order chi connectivity index (χ1) is 13.7. The number of nitrogens with zero attached hydrogens (tertiary/aromatic N) is 5. The van der Waals surface area contributed by atoms with E-state index in [4.69, 9.17) is 0 Å². The highest BCUT2D eigenvalue weighted by Crippen LogP contribution is 2.20. The minimum Gasteiger partial charge on any atom is -0.508 e. The number of aromatic nitrogens is 5. The Labute approximate surface area is 158 Å². The Morgan fingerprint density at radius 3 is 2.68 bits per heavy atom. The van der Waals surface area contributed by atoms with Crippen LogP contribution in [-0.2, 0) is 0 Å². The summed E-state index contributed by atoms with van der Waals surface area (Å²) in [5, 5.41) is 13.3. The number of aromatic hydroxyl groups is 1. The maximum absolute atomic E-state index is 13.1. The Morgan fingerprint density at radius 2 is 1.86 bits per heavy atom. The average molecular weight is 370 g/mol. The molecular formula is C20H14N6O2. The highest BCUT2D eigenvalue weighted by atomic mass is 16.3. The number of anilines is 2. The van der Waals surface area contributed by atoms with Gasteiger partial charge in [-0.05, 0) is 24.3 Å². The standard InChI is InChI=1S/C20H14N6O2/c27-15-8-4-7-14(11-15)26-18(28)16-12-22-19(23-13-5-2-1-3-6-13)24-17(16)25-10-9-21-20(25)26/h1-12,27H,(H,22,23,24). The van der Waals surface area contributed by atoms with Crippen molar-refractivity contribution in [3.05, 3.63) is 83.5 Å². The van der Waals surface area contributed by atoms with Crippen LogP contribution in [0.5, 0.6) is 5.75 Å². The highest BCUT2D eigenvalue weighted by molar-refractivity contribution is 5.78. The summed E-state index contributed by atoms with van der Waals surface area (Å²) >= 11 is 0. The van der Waals surface area contributed by atoms with Gasteiger partial charge < -0.3 is 10.4 Å². The van der Waals surface area contributed by atoms with E-state index in [0.29, 0.717) is 28.4 Å². The van der Waals surface area contributed by atoms with Crippen molar-refractivity contribution in [3.8, 4) is 11.4 Å². The second-order valence-electron chi connectivity index (χ2n) is 6.18. The summed E-state index contributed by atoms with van der Waals surface area (Å²) in [7, 11) is 0. The lowest BCUT2D eigenvalue weighted by Crippen LogP contribution is -2.22. The van der Waals surface area contributed by atoms with Gasteiger partial charge in [-0.2, -0.15) is 4.98 Å². The molecule has 0 bridgehead atoms. The molecule has 0 aliphatic heterocycles. The molecule has 28 heavy (non-hydrogen) atoms. The molecule has 8 heteroatoms. The molecule has 136 valence electrons. The van der Waals surface area contributed by atoms with Crippen molar-refractivity contribution >= 4 is 28.4 Å². The van der Waals surface area contributed by atoms with Gasteiger partial charge in [-0.15, -0.1) is 0 Å². The number of rotatable bonds is 3. The predicted molar refractivity (Wildman–Crippen MR) is 105 cm³/mol. The molecule has 0 aliphatic rings. The molecule has 0 aliphatic carbocycles. The molecule has 0 saturated heterocycles. The normalized spacial score (nSPS) is 11.1. The van der Waals surface area contributed by atoms with E-state index in [9.17, 15) is 9.90 Å². The van der Waals surface area contributed by atoms with E-state index >= 15 is 0 Å². The highest BCUT2D eigenvalue weighted by Gasteiger charge is 2.15. The van der Waals surface area contributed by atoms with Crippen molar-refractivity contribution in [2.75, 3.05) is 5.32 Å². The van der Waals surface area contributed by atoms with E-state index in [1.54, 1.807) is 35.0 Å². The van der Waals surface area contributed by atoms with Gasteiger partial charge in [0.1, 0.15) is 11.1 Å². The smallest absolute Gasteiger partial charge is 0.270 e. The number of phenolic OH excluding ortho intramolecular Hbond substituents is 1. The maximum atomic E-state index is 13.1. The third kappa shape index (κ3) is 2.55. The minimum absolute atomic E-state index is 0.0628. The Hall–Kier alpha value is -4.20. The van der Waals surface area contributed by atoms with Gasteiger partial charge in [0.25, 0.3) is 5.56 Å². The summed E-state index contributed by atoms with van der Waals surface area (Å²) in [4.78, 5) is 26.3. The van der Waals surface area contributed by atoms with E-state index < -0.39 is 0 Å². The Balaban J connectivity index is 1.74. The van der Waals surface area contributed by atoms with E-state index in [0.717, 1.165) is 5.69 Å². The Morgan fingerprint density at radius 1 is 1.00 bits per heavy atom. The van der Waals surface area contributed by atoms with Gasteiger partial charge in [-0.1, -0.05) is 24.3 Å². The fraction of sp³-hybridized carbons (Fsp3) is 0. The number of phenols is 1. The van der Waals surface area contributed by atoms with Crippen LogP contribution < -0.4 is 10.9 Å². The first kappa shape index (κ1) is 16.0. The van der Waals surface area contributed by atoms with Gasteiger partial charge in [0.15, 0.2) is 5.65 Å². The first-order valence-corrected chi connectivity index (χ1v) is 8.57. The molecule has 2 aromatic carbocycles. The lowest BCUT2D eigenvalue weighted by atomic mass is 10.3. The fourth-order valence-electron chi connectivity index (χ4n) is 3.12. The lowest BCUT2D eigenvalue weighted by molar-refractivity contribution is 0.475. The van der Waals surface area contributed by atoms with Crippen LogP contribution in [0.15, 0.2) is 78.0 Å². The Kier molecular flexibility index (Phi) is 3.55. The number of fused-ring (bicyclic) bond motifs is 3. The van der Waals surface area contributed by atoms with E-state index in [2.05, 4.69) is 20.3 Å². The van der Waals surface area contributed by atoms with E-state index in [1.165, 1.54) is 16.8 Å². The molecule has 5 rings (SSSR count). The van der Waals surface area contributed by atoms with Gasteiger partial charge in [0.05, 0.1) is 5.69 Å². The molecule has 0 spiro atoms. The molecule has 0 radical (unpaired) electrons. The quantitative estimate of drug-likeness (QED) is 0.507. The van der Waals surface area contributed by atoms with Crippen LogP contribution in [0.3, 0.4) is 0 Å². The number of nitrogens with one attached hydrogen (secondary N) is 1. The zero-order chi connectivity index (χ0) is 19.1. The summed E-state index contributed by atoms with van der Waals surface area (Å²) in [6.45, 7) is 0. The van der Waals surface area contributed by atoms with Crippen LogP contribution >= 0.6 is 0 Å². The van der Waals surface area contributed by atoms with Gasteiger partial charge in [0, 0.05) is 30.3 Å². The van der Waals surface area contributed by atoms with Crippen LogP contribution in [0.4, 0.5) is 11.6 Å². The topological polar surface area (TPSA) is 97.3 Å². The number of imidazole rings is 1. The van der Waals surface area contributed by atoms with Crippen LogP contribution in [-0.4, -0.2) is 29.0 Å². The maximum Gasteiger partial charge on any atom is 0.270 e. The summed E-state index contributed by atoms with van der Waals surface area (Å²) in [6, 6.07) is 16.0. The summed E-state index contributed by atoms with van der Waals surface area (Å²) in [5.74, 6) is 0.837. The van der Waals surface area contributed by atoms with Crippen molar-refractivity contribution in [2.24, 2.45) is 0 Å². The van der Waals surface area contributed by atoms with Gasteiger partial charge in [-0.3, -0.25) is 9.20 Å². The summed E-state index contributed by atoms with van der Waals surface area (Å²) < 4.78 is 3.15. The zero-order valence-electron chi connectivity index (χ0n) is 14.5. The van der Waals surface area contributed by atoms with Crippen molar-refractivity contribution in [2.45, 2.75) is 0 Å². The Bertz CT molecular complexity index is 1370. The van der Waals surface area contributed by atoms with E-state index in [1.807, 2.05) is 30.3 Å². The van der Waals surface area contributed by atoms with Gasteiger partial charge in [-0.25, -0.2) is 14.5 Å². The van der Waals surface area contributed by atoms with Crippen LogP contribution in [0, 0.1) is 0 Å². The third-order valence-electron chi connectivity index (χ3n) is 4.37. The number of benzene rings is 2. The summed E-state index contributed by atoms with van der Waals surface area (Å²) in [6.07, 6.45) is 4.82. The van der Waals surface area contributed by atoms with Gasteiger partial charge >= 0.3 is 0 Å². The fourth-order valence-corrected chi connectivity index (χ4v) is 3.12. The SMILES string of the molecule is O=c1c2cnc(Nc3ccccc3)nc2n2ccnc2n1-c1cccc(O)c1. The lowest BCUT2D eigenvalue weighted by Gasteiger charge is -2.11. The molecule has 2 N–H and O–H groups in total. The van der Waals surface area contributed by atoms with E-state index in [-0.39, 0.29) is 11.3 Å². The number of hydrogen-bond donors (Lipinski definition) is 2. The third-order valence-corrected chi connectivity index (χ3v) is 4.37. The largest absolute Gasteiger partial charge is 0.508 e. The molecule has 0 atom stereocenters. The predicted octanol–water partition coefficient (Wildman–Crippen LogP) is 2.88. The monoisotopic (exact) mass is 370 g/mol. The average Bonchev–Trinajstić information content (AvgIpc) is 3.19. The molecular weight excluding hydrogens is 356 g/mol. The number of hydrogen-bond acceptors (Lipinski definition) is 6. The van der Waals surface area contributed by atoms with Crippen molar-refractivity contribution in [1.29, 1.82) is 0 Å². The van der Waals surface area contributed by atoms with Gasteiger partial charge in [0.2, 0.25) is 11.7 Å². The minimum atomic E-state index is -0.314. The molecule has 0 fully saturated rings. The zero-order valence-corrected chi connectivity index (χ0v) is 14.5. The first-order valence-electron chi connectivity index (χ1n) is 8.57. The molecule has 5 aromatic rings. The van der Waals surface area contributed by atoms with Crippen molar-refractivity contribution in [3.63, 3.8) is 0 Å². The molecule has 3 aromatic heterocycles. The second kappa shape index (κ2) is 6.20. The second-order valence-corrected chi connectivity index (χ2v) is 6.18. The van der Waals surface area contributed by atoms with Crippen LogP contribution in [0.1, 0.15) is 0 Å². The molecule has 0 saturated carbocycles. The molecule has 0 amide bonds. The van der Waals surface area contributed by atoms with Crippen molar-refractivity contribution < 1.29 is 5.11 Å². The van der Waals surface area contributed by atoms with Crippen LogP contribution in [0.25, 0.3) is 22.5 Å². The summed E-state index contributed by atoms with van der Waals surface area (Å²) in [5.41, 5.74) is 1.49. The number of para-hydroxylation sites is 1. The molecule has 3 heterocycles. The molecule has 8 nitrogen and oxygen atoms in total. The van der Waals surface area contributed by atoms with Crippen molar-refractivity contribution in [1.82, 2.24) is 23.9 Å². The van der Waals surface area contributed by atoms with Crippen LogP contribution in [0.2, 0.25) is 0 Å². The molecule has 0 unspecified atom stereocenters.